The summed E-state index contributed by atoms with van der Waals surface area (Å²) in [4.78, 5) is 19.5. The lowest BCUT2D eigenvalue weighted by atomic mass is 9.84. The summed E-state index contributed by atoms with van der Waals surface area (Å²) in [6, 6.07) is 5.78. The molecular weight excluding hydrogens is 296 g/mol. The van der Waals surface area contributed by atoms with Crippen molar-refractivity contribution in [3.05, 3.63) is 23.8 Å². The van der Waals surface area contributed by atoms with Gasteiger partial charge in [-0.1, -0.05) is 11.6 Å². The number of rotatable bonds is 4. The van der Waals surface area contributed by atoms with Crippen molar-refractivity contribution in [1.29, 1.82) is 0 Å². The van der Waals surface area contributed by atoms with Gasteiger partial charge in [0.25, 0.3) is 0 Å². The molecule has 1 aromatic carbocycles. The number of ether oxygens (including phenoxy) is 2. The van der Waals surface area contributed by atoms with Crippen LogP contribution in [0.2, 0.25) is 0 Å². The Morgan fingerprint density at radius 3 is 2.91 bits per heavy atom. The summed E-state index contributed by atoms with van der Waals surface area (Å²) in [5.74, 6) is 1.95. The molecule has 0 radical (unpaired) electrons. The Hall–Kier alpha value is -2.24. The number of benzene rings is 1. The monoisotopic (exact) mass is 316 g/mol. The lowest BCUT2D eigenvalue weighted by Gasteiger charge is -2.30. The van der Waals surface area contributed by atoms with E-state index in [0.29, 0.717) is 13.0 Å². The van der Waals surface area contributed by atoms with Crippen molar-refractivity contribution in [3.63, 3.8) is 0 Å². The molecule has 3 aliphatic rings. The maximum absolute atomic E-state index is 12.2. The van der Waals surface area contributed by atoms with Crippen LogP contribution in [0.4, 0.5) is 0 Å². The van der Waals surface area contributed by atoms with Crippen LogP contribution >= 0.6 is 0 Å². The second-order valence-corrected chi connectivity index (χ2v) is 6.38. The van der Waals surface area contributed by atoms with Gasteiger partial charge in [0, 0.05) is 24.9 Å². The predicted molar refractivity (Wildman–Crippen MR) is 83.6 cm³/mol. The van der Waals surface area contributed by atoms with E-state index in [9.17, 15) is 4.79 Å². The molecule has 1 saturated carbocycles. The standard InChI is InChI=1S/C17H20N2O4/c1-19(17(20)11-3-2-4-11)9-13-8-14(18-23-13)12-5-6-15-16(7-12)22-10-21-15/h5-7,11,13H,2-4,8-10H2,1H3/t13-/m0/s1. The number of carbonyl (C=O) groups is 1. The van der Waals surface area contributed by atoms with Crippen molar-refractivity contribution in [1.82, 2.24) is 4.90 Å². The van der Waals surface area contributed by atoms with E-state index in [-0.39, 0.29) is 24.7 Å². The summed E-state index contributed by atoms with van der Waals surface area (Å²) in [5.41, 5.74) is 1.86. The van der Waals surface area contributed by atoms with E-state index < -0.39 is 0 Å². The van der Waals surface area contributed by atoms with Gasteiger partial charge in [-0.3, -0.25) is 4.79 Å². The Labute approximate surface area is 135 Å². The minimum atomic E-state index is -0.0792. The van der Waals surface area contributed by atoms with Crippen molar-refractivity contribution < 1.29 is 19.1 Å². The highest BCUT2D eigenvalue weighted by Gasteiger charge is 2.31. The first kappa shape index (κ1) is 14.4. The summed E-state index contributed by atoms with van der Waals surface area (Å²) >= 11 is 0. The van der Waals surface area contributed by atoms with E-state index in [1.807, 2.05) is 25.2 Å². The van der Waals surface area contributed by atoms with Gasteiger partial charge >= 0.3 is 0 Å². The summed E-state index contributed by atoms with van der Waals surface area (Å²) in [5, 5.41) is 4.19. The Balaban J connectivity index is 1.36. The summed E-state index contributed by atoms with van der Waals surface area (Å²) < 4.78 is 10.7. The topological polar surface area (TPSA) is 60.4 Å². The van der Waals surface area contributed by atoms with E-state index >= 15 is 0 Å². The number of fused-ring (bicyclic) bond motifs is 1. The molecular formula is C17H20N2O4. The van der Waals surface area contributed by atoms with Crippen molar-refractivity contribution in [2.45, 2.75) is 31.8 Å². The number of oxime groups is 1. The van der Waals surface area contributed by atoms with Gasteiger partial charge in [-0.15, -0.1) is 0 Å². The first-order valence-corrected chi connectivity index (χ1v) is 8.08. The molecule has 1 aromatic rings. The predicted octanol–water partition coefficient (Wildman–Crippen LogP) is 2.17. The van der Waals surface area contributed by atoms with Crippen molar-refractivity contribution >= 4 is 11.6 Å². The molecule has 23 heavy (non-hydrogen) atoms. The minimum absolute atomic E-state index is 0.0792. The fraction of sp³-hybridized carbons (Fsp3) is 0.529. The molecule has 6 heteroatoms. The van der Waals surface area contributed by atoms with Crippen LogP contribution in [0, 0.1) is 5.92 Å². The van der Waals surface area contributed by atoms with Crippen molar-refractivity contribution in [3.8, 4) is 11.5 Å². The molecule has 0 spiro atoms. The Morgan fingerprint density at radius 2 is 2.13 bits per heavy atom. The van der Waals surface area contributed by atoms with E-state index in [1.54, 1.807) is 4.90 Å². The average molecular weight is 316 g/mol. The summed E-state index contributed by atoms with van der Waals surface area (Å²) in [6.45, 7) is 0.839. The fourth-order valence-corrected chi connectivity index (χ4v) is 3.14. The number of hydrogen-bond acceptors (Lipinski definition) is 5. The third-order valence-electron chi connectivity index (χ3n) is 4.75. The first-order valence-electron chi connectivity index (χ1n) is 8.08. The van der Waals surface area contributed by atoms with Crippen molar-refractivity contribution in [2.24, 2.45) is 11.1 Å². The summed E-state index contributed by atoms with van der Waals surface area (Å²) in [6.07, 6.45) is 3.83. The van der Waals surface area contributed by atoms with Gasteiger partial charge in [-0.05, 0) is 31.0 Å². The molecule has 1 atom stereocenters. The molecule has 4 rings (SSSR count). The van der Waals surface area contributed by atoms with Crippen LogP contribution in [-0.2, 0) is 9.63 Å². The minimum Gasteiger partial charge on any atom is -0.454 e. The maximum Gasteiger partial charge on any atom is 0.231 e. The maximum atomic E-state index is 12.2. The molecule has 0 bridgehead atoms. The van der Waals surface area contributed by atoms with Gasteiger partial charge < -0.3 is 19.2 Å². The smallest absolute Gasteiger partial charge is 0.231 e. The number of nitrogens with zero attached hydrogens (tertiary/aromatic N) is 2. The molecule has 1 aliphatic carbocycles. The molecule has 0 unspecified atom stereocenters. The Morgan fingerprint density at radius 1 is 1.30 bits per heavy atom. The molecule has 122 valence electrons. The molecule has 6 nitrogen and oxygen atoms in total. The highest BCUT2D eigenvalue weighted by atomic mass is 16.7. The Kier molecular flexibility index (Phi) is 3.59. The van der Waals surface area contributed by atoms with Crippen LogP contribution in [0.5, 0.6) is 11.5 Å². The quantitative estimate of drug-likeness (QED) is 0.854. The normalized spacial score (nSPS) is 22.3. The SMILES string of the molecule is CN(C[C@@H]1CC(c2ccc3c(c2)OCO3)=NO1)C(=O)C1CCC1. The molecule has 0 saturated heterocycles. The highest BCUT2D eigenvalue weighted by molar-refractivity contribution is 6.01. The second kappa shape index (κ2) is 5.76. The average Bonchev–Trinajstić information content (AvgIpc) is 3.13. The van der Waals surface area contributed by atoms with Crippen LogP contribution in [0.15, 0.2) is 23.4 Å². The van der Waals surface area contributed by atoms with E-state index in [2.05, 4.69) is 5.16 Å². The molecule has 2 heterocycles. The number of likely N-dealkylation sites (N-methyl/N-ethyl adjacent to an activating group) is 1. The van der Waals surface area contributed by atoms with Crippen LogP contribution < -0.4 is 9.47 Å². The number of carbonyl (C=O) groups excluding carboxylic acids is 1. The zero-order valence-corrected chi connectivity index (χ0v) is 13.2. The van der Waals surface area contributed by atoms with Crippen LogP contribution in [-0.4, -0.2) is 43.0 Å². The molecule has 1 fully saturated rings. The van der Waals surface area contributed by atoms with Gasteiger partial charge in [0.15, 0.2) is 17.6 Å². The van der Waals surface area contributed by atoms with E-state index in [1.165, 1.54) is 6.42 Å². The van der Waals surface area contributed by atoms with Crippen LogP contribution in [0.3, 0.4) is 0 Å². The molecule has 0 N–H and O–H groups in total. The zero-order chi connectivity index (χ0) is 15.8. The fourth-order valence-electron chi connectivity index (χ4n) is 3.14. The zero-order valence-electron chi connectivity index (χ0n) is 13.2. The lowest BCUT2D eigenvalue weighted by Crippen LogP contribution is -2.40. The Bertz CT molecular complexity index is 654. The van der Waals surface area contributed by atoms with Gasteiger partial charge in [0.2, 0.25) is 12.7 Å². The van der Waals surface area contributed by atoms with Gasteiger partial charge in [0.1, 0.15) is 0 Å². The molecule has 2 aliphatic heterocycles. The van der Waals surface area contributed by atoms with Crippen LogP contribution in [0.1, 0.15) is 31.2 Å². The van der Waals surface area contributed by atoms with Gasteiger partial charge in [-0.25, -0.2) is 0 Å². The largest absolute Gasteiger partial charge is 0.454 e. The number of amides is 1. The van der Waals surface area contributed by atoms with Crippen molar-refractivity contribution in [2.75, 3.05) is 20.4 Å². The number of hydrogen-bond donors (Lipinski definition) is 0. The van der Waals surface area contributed by atoms with Crippen LogP contribution in [0.25, 0.3) is 0 Å². The second-order valence-electron chi connectivity index (χ2n) is 6.38. The molecule has 1 amide bonds. The lowest BCUT2D eigenvalue weighted by molar-refractivity contribution is -0.138. The van der Waals surface area contributed by atoms with Gasteiger partial charge in [-0.2, -0.15) is 0 Å². The highest BCUT2D eigenvalue weighted by Crippen LogP contribution is 2.34. The third-order valence-corrected chi connectivity index (χ3v) is 4.75. The third kappa shape index (κ3) is 2.73. The molecule has 0 aromatic heterocycles. The van der Waals surface area contributed by atoms with Gasteiger partial charge in [0.05, 0.1) is 12.3 Å². The summed E-state index contributed by atoms with van der Waals surface area (Å²) in [7, 11) is 1.85. The van der Waals surface area contributed by atoms with E-state index in [0.717, 1.165) is 35.6 Å². The van der Waals surface area contributed by atoms with E-state index in [4.69, 9.17) is 14.3 Å². The first-order chi connectivity index (χ1) is 11.2.